The fourth-order valence-corrected chi connectivity index (χ4v) is 2.78. The maximum atomic E-state index is 12.5. The smallest absolute Gasteiger partial charge is 0.307 e. The molecule has 0 radical (unpaired) electrons. The van der Waals surface area contributed by atoms with Crippen molar-refractivity contribution in [3.63, 3.8) is 0 Å². The number of nitrogens with zero attached hydrogens (tertiary/aromatic N) is 1. The molecular weight excluding hydrogens is 326 g/mol. The molecule has 0 bridgehead atoms. The second-order valence-corrected chi connectivity index (χ2v) is 5.65. The number of phenolic OH excluding ortho intramolecular Hbond substituents is 1. The molecule has 1 aliphatic heterocycles. The van der Waals surface area contributed by atoms with Crippen molar-refractivity contribution in [2.45, 2.75) is 25.3 Å². The van der Waals surface area contributed by atoms with Crippen LogP contribution in [0.4, 0.5) is 0 Å². The largest absolute Gasteiger partial charge is 0.507 e. The standard InChI is InChI=1S/C14H16BrNO4/c1-20-13(18)8-10-3-2-6-16(10)14(19)11-5-4-9(15)7-12(11)17/h4-5,7,10,17H,2-3,6,8H2,1H3/t10-/m0/s1. The summed E-state index contributed by atoms with van der Waals surface area (Å²) in [5.74, 6) is -0.635. The number of likely N-dealkylation sites (tertiary alicyclic amines) is 1. The molecule has 5 nitrogen and oxygen atoms in total. The number of hydrogen-bond acceptors (Lipinski definition) is 4. The maximum Gasteiger partial charge on any atom is 0.307 e. The lowest BCUT2D eigenvalue weighted by Gasteiger charge is -2.24. The van der Waals surface area contributed by atoms with Crippen LogP contribution < -0.4 is 0 Å². The third kappa shape index (κ3) is 3.12. The van der Waals surface area contributed by atoms with E-state index in [1.807, 2.05) is 0 Å². The topological polar surface area (TPSA) is 66.8 Å². The van der Waals surface area contributed by atoms with Gasteiger partial charge >= 0.3 is 5.97 Å². The van der Waals surface area contributed by atoms with E-state index in [-0.39, 0.29) is 35.7 Å². The summed E-state index contributed by atoms with van der Waals surface area (Å²) in [4.78, 5) is 25.5. The van der Waals surface area contributed by atoms with Gasteiger partial charge in [-0.2, -0.15) is 0 Å². The van der Waals surface area contributed by atoms with E-state index in [1.54, 1.807) is 17.0 Å². The molecule has 2 rings (SSSR count). The van der Waals surface area contributed by atoms with Crippen molar-refractivity contribution in [3.05, 3.63) is 28.2 Å². The molecule has 0 spiro atoms. The van der Waals surface area contributed by atoms with Crippen molar-refractivity contribution >= 4 is 27.8 Å². The van der Waals surface area contributed by atoms with Crippen LogP contribution in [-0.4, -0.2) is 41.6 Å². The normalized spacial score (nSPS) is 18.1. The van der Waals surface area contributed by atoms with Crippen LogP contribution in [0.5, 0.6) is 5.75 Å². The van der Waals surface area contributed by atoms with E-state index in [2.05, 4.69) is 20.7 Å². The molecule has 0 unspecified atom stereocenters. The summed E-state index contributed by atoms with van der Waals surface area (Å²) in [5.41, 5.74) is 0.255. The number of phenols is 1. The second kappa shape index (κ2) is 6.26. The highest BCUT2D eigenvalue weighted by molar-refractivity contribution is 9.10. The Bertz CT molecular complexity index is 532. The molecule has 1 heterocycles. The Morgan fingerprint density at radius 3 is 2.90 bits per heavy atom. The number of ether oxygens (including phenoxy) is 1. The molecule has 1 amide bonds. The first-order valence-corrected chi connectivity index (χ1v) is 7.18. The number of esters is 1. The molecule has 20 heavy (non-hydrogen) atoms. The zero-order chi connectivity index (χ0) is 14.7. The SMILES string of the molecule is COC(=O)C[C@@H]1CCCN1C(=O)c1ccc(Br)cc1O. The van der Waals surface area contributed by atoms with Gasteiger partial charge in [0.2, 0.25) is 0 Å². The molecule has 1 atom stereocenters. The lowest BCUT2D eigenvalue weighted by Crippen LogP contribution is -2.37. The molecule has 0 aromatic heterocycles. The van der Waals surface area contributed by atoms with Gasteiger partial charge in [0, 0.05) is 17.1 Å². The second-order valence-electron chi connectivity index (χ2n) is 4.74. The van der Waals surface area contributed by atoms with Crippen molar-refractivity contribution in [3.8, 4) is 5.75 Å². The minimum atomic E-state index is -0.324. The Labute approximate surface area is 125 Å². The third-order valence-corrected chi connectivity index (χ3v) is 3.95. The van der Waals surface area contributed by atoms with Crippen molar-refractivity contribution in [2.75, 3.05) is 13.7 Å². The molecule has 6 heteroatoms. The summed E-state index contributed by atoms with van der Waals surface area (Å²) >= 11 is 3.24. The number of methoxy groups -OCH3 is 1. The summed E-state index contributed by atoms with van der Waals surface area (Å²) in [6.07, 6.45) is 1.82. The van der Waals surface area contributed by atoms with E-state index in [0.717, 1.165) is 12.8 Å². The highest BCUT2D eigenvalue weighted by atomic mass is 79.9. The molecule has 108 valence electrons. The van der Waals surface area contributed by atoms with E-state index in [1.165, 1.54) is 13.2 Å². The van der Waals surface area contributed by atoms with Gasteiger partial charge in [-0.3, -0.25) is 9.59 Å². The summed E-state index contributed by atoms with van der Waals surface area (Å²) in [6, 6.07) is 4.62. The van der Waals surface area contributed by atoms with Crippen LogP contribution in [0.25, 0.3) is 0 Å². The highest BCUT2D eigenvalue weighted by Gasteiger charge is 2.32. The van der Waals surface area contributed by atoms with Crippen molar-refractivity contribution in [2.24, 2.45) is 0 Å². The fraction of sp³-hybridized carbons (Fsp3) is 0.429. The molecule has 1 N–H and O–H groups in total. The first-order chi connectivity index (χ1) is 9.52. The minimum absolute atomic E-state index is 0.0620. The predicted molar refractivity (Wildman–Crippen MR) is 76.5 cm³/mol. The van der Waals surface area contributed by atoms with E-state index >= 15 is 0 Å². The number of carbonyl (C=O) groups excluding carboxylic acids is 2. The maximum absolute atomic E-state index is 12.5. The van der Waals surface area contributed by atoms with Crippen molar-refractivity contribution in [1.82, 2.24) is 4.90 Å². The van der Waals surface area contributed by atoms with Crippen LogP contribution in [0.2, 0.25) is 0 Å². The number of benzene rings is 1. The number of amides is 1. The third-order valence-electron chi connectivity index (χ3n) is 3.46. The Balaban J connectivity index is 2.17. The molecule has 1 aromatic carbocycles. The van der Waals surface area contributed by atoms with Crippen LogP contribution in [-0.2, 0) is 9.53 Å². The van der Waals surface area contributed by atoms with Crippen LogP contribution in [0.15, 0.2) is 22.7 Å². The highest BCUT2D eigenvalue weighted by Crippen LogP contribution is 2.28. The van der Waals surface area contributed by atoms with Gasteiger partial charge in [-0.25, -0.2) is 0 Å². The first kappa shape index (κ1) is 14.8. The van der Waals surface area contributed by atoms with Crippen molar-refractivity contribution < 1.29 is 19.4 Å². The molecule has 1 saturated heterocycles. The van der Waals surface area contributed by atoms with Crippen LogP contribution >= 0.6 is 15.9 Å². The molecule has 1 aliphatic rings. The van der Waals surface area contributed by atoms with Gasteiger partial charge in [0.1, 0.15) is 5.75 Å². The Hall–Kier alpha value is -1.56. The van der Waals surface area contributed by atoms with Crippen molar-refractivity contribution in [1.29, 1.82) is 0 Å². The summed E-state index contributed by atoms with van der Waals surface area (Å²) in [5, 5.41) is 9.87. The number of halogens is 1. The van der Waals surface area contributed by atoms with Crippen LogP contribution in [0.1, 0.15) is 29.6 Å². The number of rotatable bonds is 3. The summed E-state index contributed by atoms with van der Waals surface area (Å²) < 4.78 is 5.36. The predicted octanol–water partition coefficient (Wildman–Crippen LogP) is 2.32. The Morgan fingerprint density at radius 2 is 2.25 bits per heavy atom. The van der Waals surface area contributed by atoms with Gasteiger partial charge < -0.3 is 14.7 Å². The lowest BCUT2D eigenvalue weighted by molar-refractivity contribution is -0.141. The van der Waals surface area contributed by atoms with Crippen LogP contribution in [0.3, 0.4) is 0 Å². The quantitative estimate of drug-likeness (QED) is 0.856. The fourth-order valence-electron chi connectivity index (χ4n) is 2.43. The Morgan fingerprint density at radius 1 is 1.50 bits per heavy atom. The van der Waals surface area contributed by atoms with Gasteiger partial charge in [0.05, 0.1) is 19.1 Å². The van der Waals surface area contributed by atoms with Gasteiger partial charge in [0.15, 0.2) is 0 Å². The average molecular weight is 342 g/mol. The zero-order valence-electron chi connectivity index (χ0n) is 11.1. The summed E-state index contributed by atoms with van der Waals surface area (Å²) in [7, 11) is 1.34. The minimum Gasteiger partial charge on any atom is -0.507 e. The molecule has 1 fully saturated rings. The number of carbonyl (C=O) groups is 2. The van der Waals surface area contributed by atoms with Crippen LogP contribution in [0, 0.1) is 0 Å². The van der Waals surface area contributed by atoms with Gasteiger partial charge in [0.25, 0.3) is 5.91 Å². The van der Waals surface area contributed by atoms with Gasteiger partial charge in [-0.05, 0) is 31.0 Å². The van der Waals surface area contributed by atoms with Gasteiger partial charge in [-0.15, -0.1) is 0 Å². The molecule has 1 aromatic rings. The summed E-state index contributed by atoms with van der Waals surface area (Å²) in [6.45, 7) is 0.593. The first-order valence-electron chi connectivity index (χ1n) is 6.39. The van der Waals surface area contributed by atoms with E-state index in [0.29, 0.717) is 11.0 Å². The molecule has 0 saturated carbocycles. The van der Waals surface area contributed by atoms with E-state index < -0.39 is 0 Å². The monoisotopic (exact) mass is 341 g/mol. The van der Waals surface area contributed by atoms with E-state index in [4.69, 9.17) is 0 Å². The number of hydrogen-bond donors (Lipinski definition) is 1. The zero-order valence-corrected chi connectivity index (χ0v) is 12.7. The molecule has 0 aliphatic carbocycles. The number of aromatic hydroxyl groups is 1. The Kier molecular flexibility index (Phi) is 4.65. The molecular formula is C14H16BrNO4. The van der Waals surface area contributed by atoms with E-state index in [9.17, 15) is 14.7 Å². The van der Waals surface area contributed by atoms with Gasteiger partial charge in [-0.1, -0.05) is 15.9 Å². The average Bonchev–Trinajstić information content (AvgIpc) is 2.86. The lowest BCUT2D eigenvalue weighted by atomic mass is 10.1.